The number of aryl methyl sites for hydroxylation is 1. The standard InChI is InChI=1S/C25H22FN3O4S/c1-15-11-19(16(2)29(15)12-17-7-9-18(26)10-8-17)20(30)14-34-25-28-27-24(33-25)23-13-31-21-5-3-4-6-22(21)32-23/h3-11,23H,12-14H2,1-2H3/t23-/m1/s1. The first-order valence-electron chi connectivity index (χ1n) is 10.8. The van der Waals surface area contributed by atoms with Gasteiger partial charge in [-0.3, -0.25) is 4.79 Å². The Bertz CT molecular complexity index is 1330. The van der Waals surface area contributed by atoms with Gasteiger partial charge in [0.25, 0.3) is 11.1 Å². The molecule has 5 rings (SSSR count). The lowest BCUT2D eigenvalue weighted by atomic mass is 10.2. The molecule has 34 heavy (non-hydrogen) atoms. The molecule has 174 valence electrons. The van der Waals surface area contributed by atoms with Crippen LogP contribution in [0.15, 0.2) is 64.2 Å². The third kappa shape index (κ3) is 4.56. The molecule has 3 heterocycles. The molecule has 0 bridgehead atoms. The van der Waals surface area contributed by atoms with E-state index in [1.165, 1.54) is 23.9 Å². The fourth-order valence-electron chi connectivity index (χ4n) is 3.85. The van der Waals surface area contributed by atoms with Crippen molar-refractivity contribution in [2.24, 2.45) is 0 Å². The lowest BCUT2D eigenvalue weighted by molar-refractivity contribution is 0.0686. The summed E-state index contributed by atoms with van der Waals surface area (Å²) in [5.41, 5.74) is 3.44. The number of halogens is 1. The molecule has 0 saturated heterocycles. The maximum Gasteiger partial charge on any atom is 0.277 e. The van der Waals surface area contributed by atoms with Gasteiger partial charge in [-0.25, -0.2) is 4.39 Å². The van der Waals surface area contributed by atoms with E-state index >= 15 is 0 Å². The summed E-state index contributed by atoms with van der Waals surface area (Å²) in [6, 6.07) is 15.6. The number of hydrogen-bond donors (Lipinski definition) is 0. The highest BCUT2D eigenvalue weighted by atomic mass is 32.2. The van der Waals surface area contributed by atoms with Crippen molar-refractivity contribution in [3.63, 3.8) is 0 Å². The summed E-state index contributed by atoms with van der Waals surface area (Å²) in [4.78, 5) is 12.9. The Hall–Kier alpha value is -3.59. The highest BCUT2D eigenvalue weighted by Crippen LogP contribution is 2.36. The van der Waals surface area contributed by atoms with Crippen molar-refractivity contribution in [2.45, 2.75) is 31.7 Å². The minimum absolute atomic E-state index is 0.0330. The van der Waals surface area contributed by atoms with Gasteiger partial charge in [-0.2, -0.15) is 0 Å². The van der Waals surface area contributed by atoms with E-state index in [2.05, 4.69) is 10.2 Å². The predicted molar refractivity (Wildman–Crippen MR) is 124 cm³/mol. The van der Waals surface area contributed by atoms with Gasteiger partial charge < -0.3 is 18.5 Å². The van der Waals surface area contributed by atoms with Gasteiger partial charge in [-0.15, -0.1) is 10.2 Å². The maximum atomic E-state index is 13.2. The van der Waals surface area contributed by atoms with Crippen LogP contribution in [0.1, 0.15) is 39.3 Å². The van der Waals surface area contributed by atoms with Crippen LogP contribution < -0.4 is 9.47 Å². The number of para-hydroxylation sites is 2. The molecule has 0 aliphatic carbocycles. The Morgan fingerprint density at radius 2 is 1.88 bits per heavy atom. The monoisotopic (exact) mass is 479 g/mol. The third-order valence-electron chi connectivity index (χ3n) is 5.66. The lowest BCUT2D eigenvalue weighted by Gasteiger charge is -2.23. The SMILES string of the molecule is Cc1cc(C(=O)CSc2nnc([C@H]3COc4ccccc4O3)o2)c(C)n1Cc1ccc(F)cc1. The molecule has 2 aromatic heterocycles. The Labute approximate surface area is 199 Å². The summed E-state index contributed by atoms with van der Waals surface area (Å²) in [5, 5.41) is 8.41. The van der Waals surface area contributed by atoms with Crippen LogP contribution in [0.4, 0.5) is 4.39 Å². The number of ether oxygens (including phenoxy) is 2. The van der Waals surface area contributed by atoms with E-state index in [4.69, 9.17) is 13.9 Å². The average molecular weight is 480 g/mol. The van der Waals surface area contributed by atoms with Crippen LogP contribution in [-0.4, -0.2) is 32.9 Å². The number of carbonyl (C=O) groups excluding carboxylic acids is 1. The second kappa shape index (κ2) is 9.34. The number of carbonyl (C=O) groups is 1. The zero-order valence-electron chi connectivity index (χ0n) is 18.7. The fraction of sp³-hybridized carbons (Fsp3) is 0.240. The number of hydrogen-bond acceptors (Lipinski definition) is 7. The number of nitrogens with zero attached hydrogens (tertiary/aromatic N) is 3. The van der Waals surface area contributed by atoms with E-state index in [1.807, 2.05) is 48.7 Å². The number of aromatic nitrogens is 3. The summed E-state index contributed by atoms with van der Waals surface area (Å²) in [6.07, 6.45) is -0.502. The number of thioether (sulfide) groups is 1. The van der Waals surface area contributed by atoms with Crippen molar-refractivity contribution in [3.8, 4) is 11.5 Å². The number of rotatable bonds is 7. The summed E-state index contributed by atoms with van der Waals surface area (Å²) >= 11 is 1.19. The average Bonchev–Trinajstić information content (AvgIpc) is 3.44. The zero-order chi connectivity index (χ0) is 23.7. The zero-order valence-corrected chi connectivity index (χ0v) is 19.5. The summed E-state index contributed by atoms with van der Waals surface area (Å²) in [6.45, 7) is 4.70. The Kier molecular flexibility index (Phi) is 6.10. The molecule has 0 N–H and O–H groups in total. The quantitative estimate of drug-likeness (QED) is 0.267. The Morgan fingerprint density at radius 1 is 1.12 bits per heavy atom. The van der Waals surface area contributed by atoms with Crippen molar-refractivity contribution in [1.29, 1.82) is 0 Å². The van der Waals surface area contributed by atoms with Gasteiger partial charge in [0.15, 0.2) is 17.3 Å². The van der Waals surface area contributed by atoms with Crippen LogP contribution in [0.3, 0.4) is 0 Å². The van der Waals surface area contributed by atoms with Crippen molar-refractivity contribution in [2.75, 3.05) is 12.4 Å². The van der Waals surface area contributed by atoms with Crippen LogP contribution >= 0.6 is 11.8 Å². The number of benzene rings is 2. The molecule has 4 aromatic rings. The predicted octanol–water partition coefficient (Wildman–Crippen LogP) is 5.16. The summed E-state index contributed by atoms with van der Waals surface area (Å²) in [5.74, 6) is 1.46. The third-order valence-corrected chi connectivity index (χ3v) is 6.48. The van der Waals surface area contributed by atoms with Gasteiger partial charge in [0.1, 0.15) is 12.4 Å². The van der Waals surface area contributed by atoms with Crippen LogP contribution in [-0.2, 0) is 6.54 Å². The molecule has 0 radical (unpaired) electrons. The van der Waals surface area contributed by atoms with Crippen LogP contribution in [0.2, 0.25) is 0 Å². The largest absolute Gasteiger partial charge is 0.485 e. The molecule has 0 spiro atoms. The lowest BCUT2D eigenvalue weighted by Crippen LogP contribution is -2.21. The Morgan fingerprint density at radius 3 is 2.68 bits per heavy atom. The van der Waals surface area contributed by atoms with Gasteiger partial charge >= 0.3 is 0 Å². The van der Waals surface area contributed by atoms with Gasteiger partial charge in [0.2, 0.25) is 6.10 Å². The van der Waals surface area contributed by atoms with Crippen molar-refractivity contribution in [1.82, 2.24) is 14.8 Å². The molecule has 7 nitrogen and oxygen atoms in total. The smallest absolute Gasteiger partial charge is 0.277 e. The van der Waals surface area contributed by atoms with E-state index in [1.54, 1.807) is 12.1 Å². The van der Waals surface area contributed by atoms with Crippen LogP contribution in [0, 0.1) is 19.7 Å². The molecule has 1 aliphatic heterocycles. The van der Waals surface area contributed by atoms with E-state index in [-0.39, 0.29) is 24.0 Å². The molecule has 0 saturated carbocycles. The second-order valence-corrected chi connectivity index (χ2v) is 8.91. The molecule has 0 amide bonds. The number of fused-ring (bicyclic) bond motifs is 1. The second-order valence-electron chi connectivity index (χ2n) is 7.98. The van der Waals surface area contributed by atoms with Crippen molar-refractivity contribution in [3.05, 3.63) is 88.8 Å². The molecular weight excluding hydrogens is 457 g/mol. The van der Waals surface area contributed by atoms with Gasteiger partial charge in [-0.05, 0) is 49.7 Å². The fourth-order valence-corrected chi connectivity index (χ4v) is 4.51. The normalized spacial score (nSPS) is 14.9. The summed E-state index contributed by atoms with van der Waals surface area (Å²) < 4.78 is 32.6. The topological polar surface area (TPSA) is 79.4 Å². The molecule has 0 fully saturated rings. The van der Waals surface area contributed by atoms with Gasteiger partial charge in [0, 0.05) is 23.5 Å². The van der Waals surface area contributed by atoms with Gasteiger partial charge in [-0.1, -0.05) is 36.0 Å². The highest BCUT2D eigenvalue weighted by molar-refractivity contribution is 7.99. The maximum absolute atomic E-state index is 13.2. The minimum atomic E-state index is -0.502. The molecule has 9 heteroatoms. The summed E-state index contributed by atoms with van der Waals surface area (Å²) in [7, 11) is 0. The van der Waals surface area contributed by atoms with Crippen molar-refractivity contribution >= 4 is 17.5 Å². The first-order valence-corrected chi connectivity index (χ1v) is 11.8. The molecule has 1 aliphatic rings. The molecule has 1 atom stereocenters. The van der Waals surface area contributed by atoms with Crippen LogP contribution in [0.5, 0.6) is 11.5 Å². The highest BCUT2D eigenvalue weighted by Gasteiger charge is 2.27. The first kappa shape index (κ1) is 22.2. The first-order chi connectivity index (χ1) is 16.5. The van der Waals surface area contributed by atoms with Crippen molar-refractivity contribution < 1.29 is 23.1 Å². The molecular formula is C25H22FN3O4S. The van der Waals surface area contributed by atoms with E-state index in [0.29, 0.717) is 34.7 Å². The van der Waals surface area contributed by atoms with Gasteiger partial charge in [0.05, 0.1) is 5.75 Å². The number of ketones is 1. The van der Waals surface area contributed by atoms with E-state index < -0.39 is 6.10 Å². The molecule has 0 unspecified atom stereocenters. The Balaban J connectivity index is 1.22. The number of Topliss-reactive ketones (excluding diaryl/α,β-unsaturated/α-hetero) is 1. The van der Waals surface area contributed by atoms with Crippen LogP contribution in [0.25, 0.3) is 0 Å². The minimum Gasteiger partial charge on any atom is -0.485 e. The van der Waals surface area contributed by atoms with E-state index in [9.17, 15) is 9.18 Å². The molecule has 2 aromatic carbocycles. The van der Waals surface area contributed by atoms with E-state index in [0.717, 1.165) is 17.0 Å².